The average Bonchev–Trinajstić information content (AvgIpc) is 2.30. The van der Waals surface area contributed by atoms with Gasteiger partial charge in [0.1, 0.15) is 6.17 Å². The van der Waals surface area contributed by atoms with E-state index < -0.39 is 18.6 Å². The van der Waals surface area contributed by atoms with Crippen molar-refractivity contribution < 1.29 is 22.3 Å². The molecule has 0 aromatic carbocycles. The van der Waals surface area contributed by atoms with Gasteiger partial charge in [0, 0.05) is 5.38 Å². The summed E-state index contributed by atoms with van der Waals surface area (Å²) in [5.74, 6) is 0.397. The van der Waals surface area contributed by atoms with Crippen molar-refractivity contribution in [3.8, 4) is 0 Å². The lowest BCUT2D eigenvalue weighted by Crippen LogP contribution is -2.39. The van der Waals surface area contributed by atoms with Crippen molar-refractivity contribution >= 4 is 11.6 Å². The van der Waals surface area contributed by atoms with E-state index in [1.165, 1.54) is 0 Å². The molecular formula is C14H21ClF4O. The Kier molecular flexibility index (Phi) is 5.22. The lowest BCUT2D eigenvalue weighted by molar-refractivity contribution is -0.351. The van der Waals surface area contributed by atoms with Crippen LogP contribution in [0.5, 0.6) is 0 Å². The summed E-state index contributed by atoms with van der Waals surface area (Å²) in [6.45, 7) is 1.80. The topological polar surface area (TPSA) is 9.23 Å². The third-order valence-electron chi connectivity index (χ3n) is 4.78. The minimum atomic E-state index is -4.56. The van der Waals surface area contributed by atoms with E-state index in [4.69, 9.17) is 11.6 Å². The summed E-state index contributed by atoms with van der Waals surface area (Å²) in [4.78, 5) is 0. The molecular weight excluding hydrogens is 296 g/mol. The Bertz CT molecular complexity index is 323. The molecule has 0 aliphatic heterocycles. The molecule has 0 amide bonds. The molecule has 0 bridgehead atoms. The predicted molar refractivity (Wildman–Crippen MR) is 69.3 cm³/mol. The zero-order valence-electron chi connectivity index (χ0n) is 11.5. The smallest absolute Gasteiger partial charge is 0.288 e. The lowest BCUT2D eigenvalue weighted by atomic mass is 9.69. The molecule has 1 nitrogen and oxygen atoms in total. The summed E-state index contributed by atoms with van der Waals surface area (Å²) < 4.78 is 54.3. The minimum Gasteiger partial charge on any atom is -0.288 e. The molecule has 20 heavy (non-hydrogen) atoms. The summed E-state index contributed by atoms with van der Waals surface area (Å²) in [6, 6.07) is 0. The summed E-state index contributed by atoms with van der Waals surface area (Å²) in [7, 11) is 0. The molecule has 0 spiro atoms. The average molecular weight is 317 g/mol. The van der Waals surface area contributed by atoms with Gasteiger partial charge in [0.15, 0.2) is 0 Å². The fourth-order valence-corrected chi connectivity index (χ4v) is 4.29. The summed E-state index contributed by atoms with van der Waals surface area (Å²) >= 11 is 6.25. The fourth-order valence-electron chi connectivity index (χ4n) is 3.77. The van der Waals surface area contributed by atoms with Gasteiger partial charge in [-0.05, 0) is 56.3 Å². The standard InChI is InChI=1S/C14H21ClF4O/c1-8-6-9(2-5-13(8)20-14(17,18)19)11-4-3-10(16)7-12(11)15/h8-13H,2-7H2,1H3. The molecule has 6 heteroatoms. The zero-order chi connectivity index (χ0) is 14.9. The highest BCUT2D eigenvalue weighted by Gasteiger charge is 2.42. The van der Waals surface area contributed by atoms with Gasteiger partial charge in [-0.2, -0.15) is 0 Å². The van der Waals surface area contributed by atoms with Crippen molar-refractivity contribution in [1.82, 2.24) is 0 Å². The lowest BCUT2D eigenvalue weighted by Gasteiger charge is -2.41. The van der Waals surface area contributed by atoms with Crippen molar-refractivity contribution in [2.24, 2.45) is 17.8 Å². The maximum absolute atomic E-state index is 13.3. The Balaban J connectivity index is 1.89. The predicted octanol–water partition coefficient (Wildman–Crippen LogP) is 5.07. The highest BCUT2D eigenvalue weighted by molar-refractivity contribution is 6.20. The second-order valence-electron chi connectivity index (χ2n) is 6.24. The van der Waals surface area contributed by atoms with E-state index in [0.29, 0.717) is 38.0 Å². The van der Waals surface area contributed by atoms with Gasteiger partial charge < -0.3 is 0 Å². The Morgan fingerprint density at radius 1 is 1.05 bits per heavy atom. The van der Waals surface area contributed by atoms with Crippen LogP contribution in [-0.4, -0.2) is 24.0 Å². The Labute approximate surface area is 122 Å². The molecule has 2 fully saturated rings. The van der Waals surface area contributed by atoms with Crippen molar-refractivity contribution in [1.29, 1.82) is 0 Å². The summed E-state index contributed by atoms with van der Waals surface area (Å²) in [6.07, 6.45) is -2.70. The molecule has 0 radical (unpaired) electrons. The third-order valence-corrected chi connectivity index (χ3v) is 5.28. The van der Waals surface area contributed by atoms with Crippen LogP contribution in [0.15, 0.2) is 0 Å². The van der Waals surface area contributed by atoms with Crippen LogP contribution in [0.4, 0.5) is 17.6 Å². The SMILES string of the molecule is CC1CC(C2CCC(F)CC2Cl)CCC1OC(F)(F)F. The summed E-state index contributed by atoms with van der Waals surface area (Å²) in [5.41, 5.74) is 0. The monoisotopic (exact) mass is 316 g/mol. The molecule has 2 rings (SSSR count). The second kappa shape index (κ2) is 6.39. The summed E-state index contributed by atoms with van der Waals surface area (Å²) in [5, 5.41) is -0.184. The van der Waals surface area contributed by atoms with Gasteiger partial charge in [-0.15, -0.1) is 24.8 Å². The van der Waals surface area contributed by atoms with Gasteiger partial charge in [0.05, 0.1) is 6.10 Å². The maximum Gasteiger partial charge on any atom is 0.522 e. The molecule has 6 unspecified atom stereocenters. The van der Waals surface area contributed by atoms with E-state index in [-0.39, 0.29) is 17.2 Å². The van der Waals surface area contributed by atoms with Crippen LogP contribution in [-0.2, 0) is 4.74 Å². The molecule has 0 saturated heterocycles. The van der Waals surface area contributed by atoms with Crippen LogP contribution >= 0.6 is 11.6 Å². The van der Waals surface area contributed by atoms with Gasteiger partial charge in [0.2, 0.25) is 0 Å². The number of hydrogen-bond acceptors (Lipinski definition) is 1. The van der Waals surface area contributed by atoms with E-state index in [0.717, 1.165) is 6.42 Å². The molecule has 0 aromatic rings. The molecule has 2 aliphatic carbocycles. The first-order valence-corrected chi connectivity index (χ1v) is 7.72. The molecule has 2 aliphatic rings. The largest absolute Gasteiger partial charge is 0.522 e. The van der Waals surface area contributed by atoms with E-state index in [1.54, 1.807) is 6.92 Å². The molecule has 0 heterocycles. The molecule has 0 N–H and O–H groups in total. The maximum atomic E-state index is 13.3. The van der Waals surface area contributed by atoms with Crippen LogP contribution < -0.4 is 0 Å². The Hall–Kier alpha value is -0.0300. The molecule has 2 saturated carbocycles. The number of halogens is 5. The quantitative estimate of drug-likeness (QED) is 0.510. The highest BCUT2D eigenvalue weighted by Crippen LogP contribution is 2.44. The van der Waals surface area contributed by atoms with Crippen LogP contribution in [0.25, 0.3) is 0 Å². The van der Waals surface area contributed by atoms with Crippen LogP contribution in [0.2, 0.25) is 0 Å². The van der Waals surface area contributed by atoms with Crippen molar-refractivity contribution in [3.63, 3.8) is 0 Å². The first kappa shape index (κ1) is 16.3. The van der Waals surface area contributed by atoms with Crippen molar-refractivity contribution in [2.45, 2.75) is 69.5 Å². The number of ether oxygens (including phenoxy) is 1. The number of alkyl halides is 5. The molecule has 118 valence electrons. The first-order chi connectivity index (χ1) is 9.26. The Morgan fingerprint density at radius 2 is 1.75 bits per heavy atom. The normalized spacial score (nSPS) is 43.5. The van der Waals surface area contributed by atoms with Gasteiger partial charge >= 0.3 is 6.36 Å². The van der Waals surface area contributed by atoms with Crippen molar-refractivity contribution in [3.05, 3.63) is 0 Å². The molecule has 0 aromatic heterocycles. The number of hydrogen-bond donors (Lipinski definition) is 0. The van der Waals surface area contributed by atoms with Crippen LogP contribution in [0.1, 0.15) is 45.4 Å². The van der Waals surface area contributed by atoms with Crippen LogP contribution in [0.3, 0.4) is 0 Å². The van der Waals surface area contributed by atoms with E-state index in [9.17, 15) is 17.6 Å². The molecule has 6 atom stereocenters. The number of rotatable bonds is 2. The Morgan fingerprint density at radius 3 is 2.30 bits per heavy atom. The van der Waals surface area contributed by atoms with Gasteiger partial charge in [-0.1, -0.05) is 6.92 Å². The third kappa shape index (κ3) is 4.23. The highest BCUT2D eigenvalue weighted by atomic mass is 35.5. The van der Waals surface area contributed by atoms with Crippen LogP contribution in [0, 0.1) is 17.8 Å². The van der Waals surface area contributed by atoms with Gasteiger partial charge in [-0.25, -0.2) is 4.39 Å². The fraction of sp³-hybridized carbons (Fsp3) is 1.00. The second-order valence-corrected chi connectivity index (χ2v) is 6.80. The first-order valence-electron chi connectivity index (χ1n) is 7.29. The van der Waals surface area contributed by atoms with Crippen molar-refractivity contribution in [2.75, 3.05) is 0 Å². The minimum absolute atomic E-state index is 0.137. The zero-order valence-corrected chi connectivity index (χ0v) is 12.3. The van der Waals surface area contributed by atoms with E-state index in [2.05, 4.69) is 4.74 Å². The van der Waals surface area contributed by atoms with Gasteiger partial charge in [-0.3, -0.25) is 4.74 Å². The van der Waals surface area contributed by atoms with E-state index >= 15 is 0 Å². The van der Waals surface area contributed by atoms with Gasteiger partial charge in [0.25, 0.3) is 0 Å². The van der Waals surface area contributed by atoms with E-state index in [1.807, 2.05) is 0 Å².